The molecule has 0 bridgehead atoms. The topological polar surface area (TPSA) is 59.7 Å². The van der Waals surface area contributed by atoms with E-state index in [4.69, 9.17) is 11.6 Å². The van der Waals surface area contributed by atoms with E-state index < -0.39 is 0 Å². The van der Waals surface area contributed by atoms with Crippen molar-refractivity contribution in [3.63, 3.8) is 0 Å². The van der Waals surface area contributed by atoms with Crippen molar-refractivity contribution >= 4 is 17.5 Å². The Labute approximate surface area is 123 Å². The van der Waals surface area contributed by atoms with Gasteiger partial charge in [0.25, 0.3) is 5.95 Å². The highest BCUT2D eigenvalue weighted by molar-refractivity contribution is 6.28. The third-order valence-electron chi connectivity index (χ3n) is 2.74. The molecule has 0 N–H and O–H groups in total. The van der Waals surface area contributed by atoms with Gasteiger partial charge in [0.15, 0.2) is 0 Å². The van der Waals surface area contributed by atoms with Gasteiger partial charge in [-0.05, 0) is 37.4 Å². The fraction of sp³-hybridized carbons (Fsp3) is 0.538. The third kappa shape index (κ3) is 3.45. The van der Waals surface area contributed by atoms with Crippen molar-refractivity contribution in [1.29, 1.82) is 0 Å². The molecule has 0 unspecified atom stereocenters. The molecular weight excluding hydrogens is 276 g/mol. The number of hydrogen-bond donors (Lipinski definition) is 0. The number of nitrogens with zero attached hydrogens (tertiary/aromatic N) is 6. The maximum atomic E-state index is 6.02. The zero-order valence-electron chi connectivity index (χ0n) is 12.2. The van der Waals surface area contributed by atoms with E-state index in [0.29, 0.717) is 17.8 Å². The fourth-order valence-corrected chi connectivity index (χ4v) is 2.02. The summed E-state index contributed by atoms with van der Waals surface area (Å²) in [6.07, 6.45) is 3.45. The minimum atomic E-state index is 0.176. The van der Waals surface area contributed by atoms with Crippen molar-refractivity contribution in [2.24, 2.45) is 5.92 Å². The molecular formula is C13H19ClN6. The van der Waals surface area contributed by atoms with E-state index in [-0.39, 0.29) is 11.3 Å². The molecule has 0 aliphatic rings. The van der Waals surface area contributed by atoms with Crippen molar-refractivity contribution in [2.45, 2.75) is 33.7 Å². The Morgan fingerprint density at radius 3 is 2.50 bits per heavy atom. The van der Waals surface area contributed by atoms with Crippen LogP contribution in [0.1, 0.15) is 27.7 Å². The summed E-state index contributed by atoms with van der Waals surface area (Å²) in [6.45, 7) is 9.39. The molecule has 2 heterocycles. The van der Waals surface area contributed by atoms with E-state index in [9.17, 15) is 0 Å². The maximum absolute atomic E-state index is 6.02. The lowest BCUT2D eigenvalue weighted by Gasteiger charge is -2.28. The van der Waals surface area contributed by atoms with Crippen molar-refractivity contribution in [1.82, 2.24) is 24.7 Å². The van der Waals surface area contributed by atoms with E-state index in [1.807, 2.05) is 6.07 Å². The lowest BCUT2D eigenvalue weighted by molar-refractivity contribution is 0.558. The van der Waals surface area contributed by atoms with Gasteiger partial charge in [-0.3, -0.25) is 0 Å². The van der Waals surface area contributed by atoms with Gasteiger partial charge in [0.2, 0.25) is 11.2 Å². The molecule has 0 spiro atoms. The van der Waals surface area contributed by atoms with Gasteiger partial charge in [0.1, 0.15) is 0 Å². The average Bonchev–Trinajstić information content (AvgIpc) is 2.88. The predicted molar refractivity (Wildman–Crippen MR) is 79.3 cm³/mol. The molecule has 2 aromatic rings. The Kier molecular flexibility index (Phi) is 4.54. The van der Waals surface area contributed by atoms with Crippen LogP contribution in [0.15, 0.2) is 18.5 Å². The number of anilines is 1. The second kappa shape index (κ2) is 6.17. The van der Waals surface area contributed by atoms with Crippen LogP contribution in [0.5, 0.6) is 0 Å². The Hall–Kier alpha value is -1.69. The lowest BCUT2D eigenvalue weighted by Crippen LogP contribution is -2.36. The second-order valence-corrected chi connectivity index (χ2v) is 5.63. The lowest BCUT2D eigenvalue weighted by atomic mass is 10.2. The molecule has 0 amide bonds. The standard InChI is InChI=1S/C13H19ClN6/c1-9(2)8-19(10(3)4)12-16-11(14)17-13(18-12)20-7-5-6-15-20/h5-7,9-10H,8H2,1-4H3. The minimum absolute atomic E-state index is 0.176. The highest BCUT2D eigenvalue weighted by Crippen LogP contribution is 2.17. The number of aromatic nitrogens is 5. The van der Waals surface area contributed by atoms with E-state index in [1.165, 1.54) is 0 Å². The Morgan fingerprint density at radius 2 is 1.95 bits per heavy atom. The normalized spacial score (nSPS) is 11.3. The summed E-state index contributed by atoms with van der Waals surface area (Å²) in [5.41, 5.74) is 0. The molecule has 6 nitrogen and oxygen atoms in total. The van der Waals surface area contributed by atoms with Gasteiger partial charge in [0, 0.05) is 25.0 Å². The molecule has 0 fully saturated rings. The molecule has 2 aromatic heterocycles. The Morgan fingerprint density at radius 1 is 1.20 bits per heavy atom. The summed E-state index contributed by atoms with van der Waals surface area (Å²) in [6, 6.07) is 2.09. The van der Waals surface area contributed by atoms with Crippen molar-refractivity contribution in [2.75, 3.05) is 11.4 Å². The maximum Gasteiger partial charge on any atom is 0.256 e. The molecule has 0 radical (unpaired) electrons. The first-order chi connectivity index (χ1) is 9.47. The van der Waals surface area contributed by atoms with E-state index in [1.54, 1.807) is 17.1 Å². The van der Waals surface area contributed by atoms with Crippen molar-refractivity contribution in [3.8, 4) is 5.95 Å². The first-order valence-electron chi connectivity index (χ1n) is 6.65. The van der Waals surface area contributed by atoms with E-state index in [2.05, 4.69) is 52.6 Å². The van der Waals surface area contributed by atoms with Crippen LogP contribution in [0.3, 0.4) is 0 Å². The summed E-state index contributed by atoms with van der Waals surface area (Å²) in [5.74, 6) is 1.51. The van der Waals surface area contributed by atoms with Gasteiger partial charge in [-0.25, -0.2) is 4.68 Å². The molecule has 0 aromatic carbocycles. The average molecular weight is 295 g/mol. The number of halogens is 1. The largest absolute Gasteiger partial charge is 0.338 e. The van der Waals surface area contributed by atoms with Crippen LogP contribution in [-0.2, 0) is 0 Å². The Balaban J connectivity index is 2.40. The SMILES string of the molecule is CC(C)CN(c1nc(Cl)nc(-n2cccn2)n1)C(C)C. The summed E-state index contributed by atoms with van der Waals surface area (Å²) < 4.78 is 1.57. The van der Waals surface area contributed by atoms with Crippen molar-refractivity contribution < 1.29 is 0 Å². The quantitative estimate of drug-likeness (QED) is 0.848. The molecule has 20 heavy (non-hydrogen) atoms. The second-order valence-electron chi connectivity index (χ2n) is 5.30. The Bertz CT molecular complexity index is 552. The van der Waals surface area contributed by atoms with Crippen LogP contribution in [0, 0.1) is 5.92 Å². The van der Waals surface area contributed by atoms with Crippen LogP contribution in [0.4, 0.5) is 5.95 Å². The summed E-state index contributed by atoms with van der Waals surface area (Å²) in [4.78, 5) is 14.9. The molecule has 0 saturated carbocycles. The monoisotopic (exact) mass is 294 g/mol. The molecule has 2 rings (SSSR count). The molecule has 0 atom stereocenters. The first-order valence-corrected chi connectivity index (χ1v) is 7.03. The van der Waals surface area contributed by atoms with Gasteiger partial charge >= 0.3 is 0 Å². The molecule has 7 heteroatoms. The molecule has 0 saturated heterocycles. The summed E-state index contributed by atoms with van der Waals surface area (Å²) in [7, 11) is 0. The zero-order chi connectivity index (χ0) is 14.7. The molecule has 108 valence electrons. The summed E-state index contributed by atoms with van der Waals surface area (Å²) >= 11 is 6.02. The van der Waals surface area contributed by atoms with E-state index in [0.717, 1.165) is 6.54 Å². The zero-order valence-corrected chi connectivity index (χ0v) is 12.9. The predicted octanol–water partition coefficient (Wildman–Crippen LogP) is 2.58. The van der Waals surface area contributed by atoms with Crippen LogP contribution >= 0.6 is 11.6 Å². The van der Waals surface area contributed by atoms with Crippen LogP contribution in [0.25, 0.3) is 5.95 Å². The highest BCUT2D eigenvalue weighted by atomic mass is 35.5. The fourth-order valence-electron chi connectivity index (χ4n) is 1.86. The first kappa shape index (κ1) is 14.7. The smallest absolute Gasteiger partial charge is 0.256 e. The van der Waals surface area contributed by atoms with Crippen molar-refractivity contribution in [3.05, 3.63) is 23.7 Å². The number of rotatable bonds is 5. The van der Waals surface area contributed by atoms with E-state index >= 15 is 0 Å². The molecule has 0 aliphatic heterocycles. The minimum Gasteiger partial charge on any atom is -0.338 e. The van der Waals surface area contributed by atoms with Gasteiger partial charge in [-0.2, -0.15) is 20.1 Å². The van der Waals surface area contributed by atoms with Gasteiger partial charge in [-0.15, -0.1) is 0 Å². The highest BCUT2D eigenvalue weighted by Gasteiger charge is 2.17. The van der Waals surface area contributed by atoms with Crippen LogP contribution in [0.2, 0.25) is 5.28 Å². The number of hydrogen-bond acceptors (Lipinski definition) is 5. The van der Waals surface area contributed by atoms with Crippen LogP contribution in [-0.4, -0.2) is 37.3 Å². The molecule has 0 aliphatic carbocycles. The van der Waals surface area contributed by atoms with Gasteiger partial charge in [-0.1, -0.05) is 13.8 Å². The van der Waals surface area contributed by atoms with Gasteiger partial charge in [0.05, 0.1) is 0 Å². The van der Waals surface area contributed by atoms with Gasteiger partial charge < -0.3 is 4.90 Å². The third-order valence-corrected chi connectivity index (χ3v) is 2.90. The summed E-state index contributed by atoms with van der Waals surface area (Å²) in [5, 5.41) is 4.30. The van der Waals surface area contributed by atoms with Crippen LogP contribution < -0.4 is 4.90 Å².